The van der Waals surface area contributed by atoms with Crippen molar-refractivity contribution < 1.29 is 14.7 Å². The predicted octanol–water partition coefficient (Wildman–Crippen LogP) is 4.75. The molecular weight excluding hydrogens is 341 g/mol. The predicted molar refractivity (Wildman–Crippen MR) is 107 cm³/mol. The number of amides is 1. The van der Waals surface area contributed by atoms with Crippen LogP contribution in [-0.2, 0) is 9.59 Å². The van der Waals surface area contributed by atoms with Crippen LogP contribution in [0.2, 0.25) is 0 Å². The minimum absolute atomic E-state index is 0. The van der Waals surface area contributed by atoms with E-state index in [0.29, 0.717) is 6.42 Å². The Morgan fingerprint density at radius 1 is 0.800 bits per heavy atom. The van der Waals surface area contributed by atoms with Crippen LogP contribution in [0.5, 0.6) is 0 Å². The third kappa shape index (κ3) is 16.5. The monoisotopic (exact) mass is 381 g/mol. The first-order valence-corrected chi connectivity index (χ1v) is 9.99. The summed E-state index contributed by atoms with van der Waals surface area (Å²) in [6.45, 7) is 3.80. The van der Waals surface area contributed by atoms with Crippen molar-refractivity contribution in [1.82, 2.24) is 4.90 Å². The second-order valence-corrected chi connectivity index (χ2v) is 7.01. The number of likely N-dealkylation sites (N-methyl/N-ethyl adjacent to an activating group) is 1. The van der Waals surface area contributed by atoms with Crippen molar-refractivity contribution >= 4 is 63.3 Å². The van der Waals surface area contributed by atoms with Gasteiger partial charge in [-0.3, -0.25) is 4.79 Å². The molecule has 0 radical (unpaired) electrons. The molecule has 0 fully saturated rings. The summed E-state index contributed by atoms with van der Waals surface area (Å²) in [7, 11) is 1.57. The molecule has 1 unspecified atom stereocenters. The van der Waals surface area contributed by atoms with Crippen LogP contribution in [-0.4, -0.2) is 86.4 Å². The van der Waals surface area contributed by atoms with Crippen molar-refractivity contribution in [2.75, 3.05) is 7.05 Å². The average molecular weight is 382 g/mol. The molecule has 25 heavy (non-hydrogen) atoms. The zero-order valence-electron chi connectivity index (χ0n) is 16.2. The van der Waals surface area contributed by atoms with Gasteiger partial charge in [0, 0.05) is 13.5 Å². The number of hydrogen-bond donors (Lipinski definition) is 1. The van der Waals surface area contributed by atoms with Gasteiger partial charge in [-0.15, -0.1) is 0 Å². The molecule has 0 saturated carbocycles. The Balaban J connectivity index is 0. The fourth-order valence-electron chi connectivity index (χ4n) is 2.85. The van der Waals surface area contributed by atoms with Crippen molar-refractivity contribution in [3.8, 4) is 0 Å². The summed E-state index contributed by atoms with van der Waals surface area (Å²) in [6.07, 6.45) is 17.1. The Morgan fingerprint density at radius 2 is 1.16 bits per heavy atom. The molecule has 0 bridgehead atoms. The number of carboxylic acids is 1. The van der Waals surface area contributed by atoms with Gasteiger partial charge in [0.05, 0.1) is 0 Å². The van der Waals surface area contributed by atoms with Gasteiger partial charge in [-0.1, -0.05) is 84.0 Å². The second kappa shape index (κ2) is 19.3. The molecule has 0 aromatic heterocycles. The van der Waals surface area contributed by atoms with E-state index < -0.39 is 12.0 Å². The SMILES string of the molecule is CCCCCCCCCCCCCCCC(=O)N(C)C(C)C(=O)O.[KH]. The molecule has 1 N–H and O–H groups in total. The average Bonchev–Trinajstić information content (AvgIpc) is 2.57. The number of hydrogen-bond acceptors (Lipinski definition) is 2. The number of rotatable bonds is 16. The van der Waals surface area contributed by atoms with Crippen LogP contribution in [0.3, 0.4) is 0 Å². The van der Waals surface area contributed by atoms with Gasteiger partial charge >= 0.3 is 57.4 Å². The van der Waals surface area contributed by atoms with E-state index in [9.17, 15) is 9.59 Å². The second-order valence-electron chi connectivity index (χ2n) is 7.01. The van der Waals surface area contributed by atoms with Crippen molar-refractivity contribution in [2.24, 2.45) is 0 Å². The summed E-state index contributed by atoms with van der Waals surface area (Å²) in [5.74, 6) is -1.01. The van der Waals surface area contributed by atoms with Crippen LogP contribution in [0.15, 0.2) is 0 Å². The van der Waals surface area contributed by atoms with Gasteiger partial charge in [-0.05, 0) is 13.3 Å². The molecule has 0 aromatic rings. The van der Waals surface area contributed by atoms with E-state index in [-0.39, 0.29) is 57.3 Å². The first kappa shape index (κ1) is 27.8. The number of carbonyl (C=O) groups is 2. The third-order valence-corrected chi connectivity index (χ3v) is 4.83. The van der Waals surface area contributed by atoms with E-state index in [1.54, 1.807) is 14.0 Å². The van der Waals surface area contributed by atoms with Gasteiger partial charge in [-0.2, -0.15) is 0 Å². The molecule has 0 aliphatic carbocycles. The van der Waals surface area contributed by atoms with Gasteiger partial charge in [-0.25, -0.2) is 4.79 Å². The maximum absolute atomic E-state index is 11.9. The van der Waals surface area contributed by atoms with Crippen LogP contribution in [0.4, 0.5) is 0 Å². The summed E-state index contributed by atoms with van der Waals surface area (Å²) in [5, 5.41) is 8.89. The summed E-state index contributed by atoms with van der Waals surface area (Å²) in [5.41, 5.74) is 0. The minimum atomic E-state index is -0.948. The summed E-state index contributed by atoms with van der Waals surface area (Å²) in [4.78, 5) is 24.0. The Kier molecular flexibility index (Phi) is 21.5. The van der Waals surface area contributed by atoms with E-state index in [1.807, 2.05) is 0 Å². The molecule has 0 heterocycles. The fraction of sp³-hybridized carbons (Fsp3) is 0.900. The number of nitrogens with zero attached hydrogens (tertiary/aromatic N) is 1. The third-order valence-electron chi connectivity index (χ3n) is 4.83. The van der Waals surface area contributed by atoms with Crippen molar-refractivity contribution in [3.63, 3.8) is 0 Å². The van der Waals surface area contributed by atoms with Crippen LogP contribution in [0.25, 0.3) is 0 Å². The Hall–Kier alpha value is 0.576. The Bertz CT molecular complexity index is 337. The molecular formula is C20H40KNO3. The Labute approximate surface area is 197 Å². The first-order valence-electron chi connectivity index (χ1n) is 9.99. The molecule has 0 spiro atoms. The van der Waals surface area contributed by atoms with Gasteiger partial charge in [0.25, 0.3) is 0 Å². The van der Waals surface area contributed by atoms with E-state index >= 15 is 0 Å². The van der Waals surface area contributed by atoms with Crippen LogP contribution >= 0.6 is 0 Å². The molecule has 0 aliphatic rings. The Morgan fingerprint density at radius 3 is 1.52 bits per heavy atom. The summed E-state index contributed by atoms with van der Waals surface area (Å²) >= 11 is 0. The van der Waals surface area contributed by atoms with E-state index in [4.69, 9.17) is 5.11 Å². The van der Waals surface area contributed by atoms with Gasteiger partial charge < -0.3 is 10.0 Å². The quantitative estimate of drug-likeness (QED) is 0.310. The van der Waals surface area contributed by atoms with Crippen molar-refractivity contribution in [3.05, 3.63) is 0 Å². The van der Waals surface area contributed by atoms with Gasteiger partial charge in [0.1, 0.15) is 6.04 Å². The topological polar surface area (TPSA) is 57.6 Å². The van der Waals surface area contributed by atoms with Crippen LogP contribution < -0.4 is 0 Å². The molecule has 144 valence electrons. The molecule has 0 aromatic carbocycles. The number of carboxylic acid groups (broad SMARTS) is 1. The molecule has 0 saturated heterocycles. The van der Waals surface area contributed by atoms with E-state index in [1.165, 1.54) is 75.5 Å². The maximum atomic E-state index is 11.9. The number of carbonyl (C=O) groups excluding carboxylic acids is 1. The van der Waals surface area contributed by atoms with E-state index in [2.05, 4.69) is 6.92 Å². The van der Waals surface area contributed by atoms with Crippen LogP contribution in [0.1, 0.15) is 104 Å². The van der Waals surface area contributed by atoms with Crippen molar-refractivity contribution in [1.29, 1.82) is 0 Å². The summed E-state index contributed by atoms with van der Waals surface area (Å²) < 4.78 is 0. The molecule has 1 amide bonds. The van der Waals surface area contributed by atoms with Gasteiger partial charge in [0.2, 0.25) is 5.91 Å². The molecule has 0 rings (SSSR count). The fourth-order valence-corrected chi connectivity index (χ4v) is 2.85. The molecule has 5 heteroatoms. The summed E-state index contributed by atoms with van der Waals surface area (Å²) in [6, 6.07) is -0.737. The zero-order valence-corrected chi connectivity index (χ0v) is 16.2. The zero-order chi connectivity index (χ0) is 18.2. The normalized spacial score (nSPS) is 11.6. The molecule has 4 nitrogen and oxygen atoms in total. The standard InChI is InChI=1S/C20H39NO3.K.H/c1-4-5-6-7-8-9-10-11-12-13-14-15-16-17-19(22)21(3)18(2)20(23)24;;/h18H,4-17H2,1-3H3,(H,23,24);;. The van der Waals surface area contributed by atoms with Crippen LogP contribution in [0, 0.1) is 0 Å². The van der Waals surface area contributed by atoms with Gasteiger partial charge in [0.15, 0.2) is 0 Å². The molecule has 1 atom stereocenters. The van der Waals surface area contributed by atoms with Crippen molar-refractivity contribution in [2.45, 2.75) is 110 Å². The number of unbranched alkanes of at least 4 members (excludes halogenated alkanes) is 12. The van der Waals surface area contributed by atoms with E-state index in [0.717, 1.165) is 12.8 Å². The molecule has 0 aliphatic heterocycles. The number of aliphatic carboxylic acids is 1. The first-order chi connectivity index (χ1) is 11.5.